The third-order valence-electron chi connectivity index (χ3n) is 4.10. The number of hydrogen-bond acceptors (Lipinski definition) is 6. The summed E-state index contributed by atoms with van der Waals surface area (Å²) in [5.74, 6) is 0.0865. The zero-order valence-corrected chi connectivity index (χ0v) is 14.3. The summed E-state index contributed by atoms with van der Waals surface area (Å²) in [7, 11) is 0. The quantitative estimate of drug-likeness (QED) is 0.716. The van der Waals surface area contributed by atoms with Crippen LogP contribution in [0, 0.1) is 5.82 Å². The maximum Gasteiger partial charge on any atom is 0.165 e. The first-order chi connectivity index (χ1) is 12.6. The fourth-order valence-electron chi connectivity index (χ4n) is 2.78. The lowest BCUT2D eigenvalue weighted by Crippen LogP contribution is -2.15. The van der Waals surface area contributed by atoms with Gasteiger partial charge in [-0.15, -0.1) is 0 Å². The number of nitrogens with one attached hydrogen (secondary N) is 1. The van der Waals surface area contributed by atoms with E-state index >= 15 is 0 Å². The molecule has 0 aliphatic carbocycles. The van der Waals surface area contributed by atoms with Gasteiger partial charge in [0.15, 0.2) is 17.3 Å². The molecule has 0 unspecified atom stereocenters. The average Bonchev–Trinajstić information content (AvgIpc) is 3.13. The molecule has 1 aliphatic heterocycles. The number of benzene rings is 2. The van der Waals surface area contributed by atoms with Crippen LogP contribution in [0.2, 0.25) is 5.02 Å². The van der Waals surface area contributed by atoms with Crippen LogP contribution in [-0.4, -0.2) is 34.4 Å². The monoisotopic (exact) mass is 375 g/mol. The first-order valence-corrected chi connectivity index (χ1v) is 8.43. The van der Waals surface area contributed by atoms with E-state index in [1.54, 1.807) is 18.2 Å². The van der Waals surface area contributed by atoms with Crippen LogP contribution in [-0.2, 0) is 4.74 Å². The molecule has 26 heavy (non-hydrogen) atoms. The molecule has 1 atom stereocenters. The minimum atomic E-state index is -0.570. The van der Waals surface area contributed by atoms with Crippen molar-refractivity contribution in [2.75, 3.05) is 18.5 Å². The molecular formula is C18H15ClFN3O3. The van der Waals surface area contributed by atoms with Gasteiger partial charge >= 0.3 is 0 Å². The molecule has 2 aromatic carbocycles. The van der Waals surface area contributed by atoms with Gasteiger partial charge in [-0.3, -0.25) is 0 Å². The Morgan fingerprint density at radius 3 is 3.00 bits per heavy atom. The second kappa shape index (κ2) is 6.93. The average molecular weight is 376 g/mol. The summed E-state index contributed by atoms with van der Waals surface area (Å²) in [5.41, 5.74) is 0.690. The number of ether oxygens (including phenoxy) is 2. The van der Waals surface area contributed by atoms with Gasteiger partial charge in [0, 0.05) is 17.9 Å². The maximum absolute atomic E-state index is 14.2. The third kappa shape index (κ3) is 3.23. The summed E-state index contributed by atoms with van der Waals surface area (Å²) < 4.78 is 25.3. The zero-order valence-electron chi connectivity index (χ0n) is 13.6. The number of rotatable bonds is 4. The highest BCUT2D eigenvalue weighted by Crippen LogP contribution is 2.35. The van der Waals surface area contributed by atoms with E-state index in [4.69, 9.17) is 21.1 Å². The van der Waals surface area contributed by atoms with Gasteiger partial charge in [0.1, 0.15) is 18.2 Å². The largest absolute Gasteiger partial charge is 0.504 e. The SMILES string of the molecule is Oc1cc2ncnc(Nc3cccc(Cl)c3F)c2cc1O[C@H]1CCOC1. The normalized spacial score (nSPS) is 16.8. The van der Waals surface area contributed by atoms with Crippen molar-refractivity contribution in [1.29, 1.82) is 0 Å². The van der Waals surface area contributed by atoms with Crippen LogP contribution in [0.1, 0.15) is 6.42 Å². The number of hydrogen-bond donors (Lipinski definition) is 2. The molecule has 1 fully saturated rings. The number of fused-ring (bicyclic) bond motifs is 1. The predicted octanol–water partition coefficient (Wildman–Crippen LogP) is 4.04. The Morgan fingerprint density at radius 2 is 2.19 bits per heavy atom. The summed E-state index contributed by atoms with van der Waals surface area (Å²) in [6.07, 6.45) is 1.96. The van der Waals surface area contributed by atoms with Crippen molar-refractivity contribution in [2.24, 2.45) is 0 Å². The van der Waals surface area contributed by atoms with Gasteiger partial charge in [0.05, 0.1) is 29.4 Å². The molecule has 4 rings (SSSR count). The zero-order chi connectivity index (χ0) is 18.1. The van der Waals surface area contributed by atoms with Crippen molar-refractivity contribution >= 4 is 34.0 Å². The van der Waals surface area contributed by atoms with E-state index < -0.39 is 5.82 Å². The van der Waals surface area contributed by atoms with Gasteiger partial charge in [-0.2, -0.15) is 0 Å². The van der Waals surface area contributed by atoms with Gasteiger partial charge in [-0.25, -0.2) is 14.4 Å². The molecule has 1 aliphatic rings. The molecule has 0 spiro atoms. The van der Waals surface area contributed by atoms with E-state index in [-0.39, 0.29) is 22.6 Å². The Kier molecular flexibility index (Phi) is 4.48. The van der Waals surface area contributed by atoms with Crippen molar-refractivity contribution in [2.45, 2.75) is 12.5 Å². The summed E-state index contributed by atoms with van der Waals surface area (Å²) in [4.78, 5) is 8.33. The van der Waals surface area contributed by atoms with Gasteiger partial charge in [-0.05, 0) is 18.2 Å². The van der Waals surface area contributed by atoms with Crippen LogP contribution in [0.5, 0.6) is 11.5 Å². The molecule has 1 aromatic heterocycles. The van der Waals surface area contributed by atoms with Crippen molar-refractivity contribution < 1.29 is 19.0 Å². The van der Waals surface area contributed by atoms with Crippen LogP contribution in [0.3, 0.4) is 0 Å². The smallest absolute Gasteiger partial charge is 0.165 e. The fraction of sp³-hybridized carbons (Fsp3) is 0.222. The maximum atomic E-state index is 14.2. The number of halogens is 2. The lowest BCUT2D eigenvalue weighted by Gasteiger charge is -2.15. The lowest BCUT2D eigenvalue weighted by atomic mass is 10.2. The van der Waals surface area contributed by atoms with E-state index in [2.05, 4.69) is 15.3 Å². The van der Waals surface area contributed by atoms with E-state index in [9.17, 15) is 9.50 Å². The predicted molar refractivity (Wildman–Crippen MR) is 95.7 cm³/mol. The van der Waals surface area contributed by atoms with Gasteiger partial charge in [0.2, 0.25) is 0 Å². The molecule has 3 aromatic rings. The highest BCUT2D eigenvalue weighted by molar-refractivity contribution is 6.31. The number of aromatic hydroxyl groups is 1. The number of phenols is 1. The Hall–Kier alpha value is -2.64. The Balaban J connectivity index is 1.73. The molecule has 0 bridgehead atoms. The van der Waals surface area contributed by atoms with E-state index in [0.29, 0.717) is 35.7 Å². The Bertz CT molecular complexity index is 964. The minimum absolute atomic E-state index is 0.0104. The van der Waals surface area contributed by atoms with Crippen LogP contribution in [0.25, 0.3) is 10.9 Å². The first-order valence-electron chi connectivity index (χ1n) is 8.05. The van der Waals surface area contributed by atoms with Crippen LogP contribution in [0.15, 0.2) is 36.7 Å². The second-order valence-electron chi connectivity index (χ2n) is 5.89. The van der Waals surface area contributed by atoms with Crippen molar-refractivity contribution in [1.82, 2.24) is 9.97 Å². The van der Waals surface area contributed by atoms with Gasteiger partial charge < -0.3 is 19.9 Å². The first kappa shape index (κ1) is 16.8. The molecule has 0 amide bonds. The molecule has 0 saturated carbocycles. The molecule has 2 N–H and O–H groups in total. The van der Waals surface area contributed by atoms with Gasteiger partial charge in [-0.1, -0.05) is 17.7 Å². The Morgan fingerprint density at radius 1 is 1.31 bits per heavy atom. The van der Waals surface area contributed by atoms with Crippen molar-refractivity contribution in [3.63, 3.8) is 0 Å². The number of nitrogens with zero attached hydrogens (tertiary/aromatic N) is 2. The van der Waals surface area contributed by atoms with Crippen LogP contribution >= 0.6 is 11.6 Å². The summed E-state index contributed by atoms with van der Waals surface area (Å²) in [5, 5.41) is 13.7. The molecular weight excluding hydrogens is 361 g/mol. The van der Waals surface area contributed by atoms with E-state index in [0.717, 1.165) is 6.42 Å². The molecule has 134 valence electrons. The molecule has 2 heterocycles. The Labute approximate surface area is 153 Å². The molecule has 1 saturated heterocycles. The number of aromatic nitrogens is 2. The number of phenolic OH excluding ortho intramolecular Hbond substituents is 1. The fourth-order valence-corrected chi connectivity index (χ4v) is 2.95. The highest BCUT2D eigenvalue weighted by Gasteiger charge is 2.20. The molecule has 6 nitrogen and oxygen atoms in total. The third-order valence-corrected chi connectivity index (χ3v) is 4.39. The summed E-state index contributed by atoms with van der Waals surface area (Å²) >= 11 is 5.83. The van der Waals surface area contributed by atoms with Gasteiger partial charge in [0.25, 0.3) is 0 Å². The minimum Gasteiger partial charge on any atom is -0.504 e. The molecule has 8 heteroatoms. The lowest BCUT2D eigenvalue weighted by molar-refractivity contribution is 0.139. The summed E-state index contributed by atoms with van der Waals surface area (Å²) in [6.45, 7) is 1.10. The standard InChI is InChI=1S/C18H15ClFN3O3/c19-12-2-1-3-13(17(12)20)23-18-11-6-16(26-10-4-5-25-8-10)15(24)7-14(11)21-9-22-18/h1-3,6-7,9-10,24H,4-5,8H2,(H,21,22,23)/t10-/m0/s1. The van der Waals surface area contributed by atoms with E-state index in [1.165, 1.54) is 18.5 Å². The summed E-state index contributed by atoms with van der Waals surface area (Å²) in [6, 6.07) is 7.78. The van der Waals surface area contributed by atoms with Crippen LogP contribution < -0.4 is 10.1 Å². The van der Waals surface area contributed by atoms with Crippen molar-refractivity contribution in [3.05, 3.63) is 47.5 Å². The van der Waals surface area contributed by atoms with E-state index in [1.807, 2.05) is 0 Å². The van der Waals surface area contributed by atoms with Crippen LogP contribution in [0.4, 0.5) is 15.9 Å². The molecule has 0 radical (unpaired) electrons. The number of anilines is 2. The highest BCUT2D eigenvalue weighted by atomic mass is 35.5. The topological polar surface area (TPSA) is 76.5 Å². The second-order valence-corrected chi connectivity index (χ2v) is 6.30. The van der Waals surface area contributed by atoms with Crippen molar-refractivity contribution in [3.8, 4) is 11.5 Å².